The lowest BCUT2D eigenvalue weighted by atomic mass is 10.2. The lowest BCUT2D eigenvalue weighted by Crippen LogP contribution is -2.33. The minimum absolute atomic E-state index is 0.268. The summed E-state index contributed by atoms with van der Waals surface area (Å²) in [5.74, 6) is 0.679. The van der Waals surface area contributed by atoms with Gasteiger partial charge in [0.15, 0.2) is 6.10 Å². The highest BCUT2D eigenvalue weighted by molar-refractivity contribution is 6.35. The van der Waals surface area contributed by atoms with Crippen molar-refractivity contribution in [3.8, 4) is 5.75 Å². The van der Waals surface area contributed by atoms with Gasteiger partial charge in [-0.05, 0) is 43.2 Å². The number of hydrogen-bond acceptors (Lipinski definition) is 3. The molecular weight excluding hydrogens is 323 g/mol. The molecule has 0 bridgehead atoms. The molecule has 0 saturated carbocycles. The molecule has 4 nitrogen and oxygen atoms in total. The van der Waals surface area contributed by atoms with Gasteiger partial charge in [0, 0.05) is 11.2 Å². The van der Waals surface area contributed by atoms with Gasteiger partial charge in [-0.3, -0.25) is 4.79 Å². The van der Waals surface area contributed by atoms with Gasteiger partial charge in [0.25, 0.3) is 5.91 Å². The number of aromatic nitrogens is 1. The Kier molecular flexibility index (Phi) is 5.63. The third-order valence-corrected chi connectivity index (χ3v) is 3.61. The second-order valence-corrected chi connectivity index (χ2v) is 5.59. The molecule has 6 heteroatoms. The predicted octanol–water partition coefficient (Wildman–Crippen LogP) is 4.49. The van der Waals surface area contributed by atoms with Gasteiger partial charge in [-0.25, -0.2) is 4.98 Å². The van der Waals surface area contributed by atoms with Crippen molar-refractivity contribution in [1.29, 1.82) is 0 Å². The zero-order valence-corrected chi connectivity index (χ0v) is 13.8. The fraction of sp³-hybridized carbons (Fsp3) is 0.250. The minimum atomic E-state index is -0.667. The Labute approximate surface area is 139 Å². The Morgan fingerprint density at radius 1 is 1.36 bits per heavy atom. The molecule has 1 aromatic carbocycles. The van der Waals surface area contributed by atoms with E-state index in [9.17, 15) is 4.79 Å². The second kappa shape index (κ2) is 7.47. The van der Waals surface area contributed by atoms with Crippen LogP contribution in [0.3, 0.4) is 0 Å². The maximum atomic E-state index is 12.3. The average Bonchev–Trinajstić information content (AvgIpc) is 2.49. The molecule has 1 aromatic heterocycles. The Morgan fingerprint density at radius 2 is 2.14 bits per heavy atom. The first-order valence-corrected chi connectivity index (χ1v) is 7.61. The van der Waals surface area contributed by atoms with Gasteiger partial charge in [0.2, 0.25) is 0 Å². The number of carbonyl (C=O) groups excluding carboxylic acids is 1. The minimum Gasteiger partial charge on any atom is -0.479 e. The molecule has 0 aliphatic heterocycles. The summed E-state index contributed by atoms with van der Waals surface area (Å²) in [5.41, 5.74) is 0.884. The molecule has 0 fully saturated rings. The van der Waals surface area contributed by atoms with Gasteiger partial charge in [0.1, 0.15) is 11.6 Å². The molecule has 1 atom stereocenters. The number of rotatable bonds is 5. The van der Waals surface area contributed by atoms with E-state index in [0.717, 1.165) is 5.56 Å². The quantitative estimate of drug-likeness (QED) is 0.873. The van der Waals surface area contributed by atoms with Crippen LogP contribution in [0, 0.1) is 6.92 Å². The van der Waals surface area contributed by atoms with Crippen LogP contribution in [0.5, 0.6) is 5.75 Å². The fourth-order valence-electron chi connectivity index (χ4n) is 1.86. The van der Waals surface area contributed by atoms with E-state index in [0.29, 0.717) is 28.0 Å². The molecule has 1 N–H and O–H groups in total. The van der Waals surface area contributed by atoms with E-state index in [1.807, 2.05) is 26.0 Å². The monoisotopic (exact) mass is 338 g/mol. The van der Waals surface area contributed by atoms with Gasteiger partial charge < -0.3 is 10.1 Å². The van der Waals surface area contributed by atoms with Crippen LogP contribution in [-0.4, -0.2) is 17.0 Å². The highest BCUT2D eigenvalue weighted by Crippen LogP contribution is 2.28. The number of aryl methyl sites for hydroxylation is 1. The molecule has 1 amide bonds. The largest absolute Gasteiger partial charge is 0.479 e. The standard InChI is InChI=1S/C16H16Cl2N2O2/c1-3-13(22-14-7-6-11(17)9-12(14)18)16(21)20-15-10(2)5-4-8-19-15/h4-9,13H,3H2,1-2H3,(H,19,20,21)/t13-/m0/s1. The number of carbonyl (C=O) groups is 1. The van der Waals surface area contributed by atoms with Crippen molar-refractivity contribution in [2.75, 3.05) is 5.32 Å². The van der Waals surface area contributed by atoms with E-state index >= 15 is 0 Å². The van der Waals surface area contributed by atoms with Crippen molar-refractivity contribution < 1.29 is 9.53 Å². The van der Waals surface area contributed by atoms with Gasteiger partial charge in [0.05, 0.1) is 5.02 Å². The molecule has 22 heavy (non-hydrogen) atoms. The van der Waals surface area contributed by atoms with Crippen molar-refractivity contribution in [3.05, 3.63) is 52.1 Å². The van der Waals surface area contributed by atoms with E-state index in [2.05, 4.69) is 10.3 Å². The van der Waals surface area contributed by atoms with Crippen molar-refractivity contribution >= 4 is 34.9 Å². The highest BCUT2D eigenvalue weighted by Gasteiger charge is 2.20. The summed E-state index contributed by atoms with van der Waals surface area (Å²) in [7, 11) is 0. The summed E-state index contributed by atoms with van der Waals surface area (Å²) in [5, 5.41) is 3.65. The number of hydrogen-bond donors (Lipinski definition) is 1. The van der Waals surface area contributed by atoms with Crippen LogP contribution in [0.1, 0.15) is 18.9 Å². The first kappa shape index (κ1) is 16.6. The Balaban J connectivity index is 2.11. The number of ether oxygens (including phenoxy) is 1. The zero-order valence-electron chi connectivity index (χ0n) is 12.3. The van der Waals surface area contributed by atoms with E-state index in [1.54, 1.807) is 24.4 Å². The number of nitrogens with one attached hydrogen (secondary N) is 1. The van der Waals surface area contributed by atoms with Crippen LogP contribution in [-0.2, 0) is 4.79 Å². The zero-order chi connectivity index (χ0) is 16.1. The Hall–Kier alpha value is -1.78. The van der Waals surface area contributed by atoms with Crippen LogP contribution in [0.4, 0.5) is 5.82 Å². The third-order valence-electron chi connectivity index (χ3n) is 3.08. The van der Waals surface area contributed by atoms with E-state index in [4.69, 9.17) is 27.9 Å². The first-order chi connectivity index (χ1) is 10.5. The molecule has 0 unspecified atom stereocenters. The molecule has 2 rings (SSSR count). The lowest BCUT2D eigenvalue weighted by Gasteiger charge is -2.18. The summed E-state index contributed by atoms with van der Waals surface area (Å²) in [6.07, 6.45) is 1.46. The number of amides is 1. The van der Waals surface area contributed by atoms with Gasteiger partial charge in [-0.2, -0.15) is 0 Å². The molecule has 0 aliphatic carbocycles. The smallest absolute Gasteiger partial charge is 0.266 e. The summed E-state index contributed by atoms with van der Waals surface area (Å²) in [6.45, 7) is 3.74. The van der Waals surface area contributed by atoms with Crippen LogP contribution in [0.25, 0.3) is 0 Å². The fourth-order valence-corrected chi connectivity index (χ4v) is 2.31. The SMILES string of the molecule is CC[C@H](Oc1ccc(Cl)cc1Cl)C(=O)Nc1ncccc1C. The van der Waals surface area contributed by atoms with Crippen LogP contribution in [0.2, 0.25) is 10.0 Å². The molecule has 2 aromatic rings. The topological polar surface area (TPSA) is 51.2 Å². The Morgan fingerprint density at radius 3 is 2.77 bits per heavy atom. The summed E-state index contributed by atoms with van der Waals surface area (Å²) in [6, 6.07) is 8.57. The van der Waals surface area contributed by atoms with Gasteiger partial charge >= 0.3 is 0 Å². The van der Waals surface area contributed by atoms with Crippen LogP contribution >= 0.6 is 23.2 Å². The Bertz CT molecular complexity index is 677. The number of pyridine rings is 1. The maximum Gasteiger partial charge on any atom is 0.266 e. The summed E-state index contributed by atoms with van der Waals surface area (Å²) < 4.78 is 5.69. The van der Waals surface area contributed by atoms with Crippen LogP contribution < -0.4 is 10.1 Å². The summed E-state index contributed by atoms with van der Waals surface area (Å²) >= 11 is 11.9. The lowest BCUT2D eigenvalue weighted by molar-refractivity contribution is -0.122. The number of halogens is 2. The molecule has 0 spiro atoms. The van der Waals surface area contributed by atoms with E-state index in [-0.39, 0.29) is 5.91 Å². The first-order valence-electron chi connectivity index (χ1n) is 6.85. The molecule has 0 aliphatic rings. The molecule has 0 saturated heterocycles. The third kappa shape index (κ3) is 4.12. The summed E-state index contributed by atoms with van der Waals surface area (Å²) in [4.78, 5) is 16.5. The van der Waals surface area contributed by atoms with Gasteiger partial charge in [-0.1, -0.05) is 36.2 Å². The van der Waals surface area contributed by atoms with E-state index < -0.39 is 6.10 Å². The molecule has 1 heterocycles. The van der Waals surface area contributed by atoms with Crippen molar-refractivity contribution in [3.63, 3.8) is 0 Å². The number of benzene rings is 1. The molecule has 116 valence electrons. The van der Waals surface area contributed by atoms with Crippen LogP contribution in [0.15, 0.2) is 36.5 Å². The average molecular weight is 339 g/mol. The van der Waals surface area contributed by atoms with Crippen molar-refractivity contribution in [1.82, 2.24) is 4.98 Å². The highest BCUT2D eigenvalue weighted by atomic mass is 35.5. The van der Waals surface area contributed by atoms with Gasteiger partial charge in [-0.15, -0.1) is 0 Å². The molecular formula is C16H16Cl2N2O2. The number of anilines is 1. The van der Waals surface area contributed by atoms with Crippen molar-refractivity contribution in [2.45, 2.75) is 26.4 Å². The normalized spacial score (nSPS) is 11.8. The molecule has 0 radical (unpaired) electrons. The second-order valence-electron chi connectivity index (χ2n) is 4.75. The van der Waals surface area contributed by atoms with Crippen molar-refractivity contribution in [2.24, 2.45) is 0 Å². The van der Waals surface area contributed by atoms with E-state index in [1.165, 1.54) is 0 Å². The predicted molar refractivity (Wildman–Crippen MR) is 88.8 cm³/mol. The number of nitrogens with zero attached hydrogens (tertiary/aromatic N) is 1. The maximum absolute atomic E-state index is 12.3.